The van der Waals surface area contributed by atoms with Crippen LogP contribution < -0.4 is 11.1 Å². The number of aryl methyl sites for hydroxylation is 1. The quantitative estimate of drug-likeness (QED) is 0.794. The summed E-state index contributed by atoms with van der Waals surface area (Å²) < 4.78 is 0. The lowest BCUT2D eigenvalue weighted by Crippen LogP contribution is -2.31. The molecule has 1 fully saturated rings. The summed E-state index contributed by atoms with van der Waals surface area (Å²) in [5, 5.41) is 3.46. The lowest BCUT2D eigenvalue weighted by atomic mass is 10.0. The van der Waals surface area contributed by atoms with Crippen molar-refractivity contribution in [1.82, 2.24) is 0 Å². The Morgan fingerprint density at radius 1 is 1.20 bits per heavy atom. The third kappa shape index (κ3) is 2.15. The summed E-state index contributed by atoms with van der Waals surface area (Å²) in [5.74, 6) is 0. The number of benzene rings is 1. The average molecular weight is 204 g/mol. The SMILES string of the molecule is Cc1ccc(NCC2(N)CC2)c(C)c1C. The minimum absolute atomic E-state index is 0.0746. The van der Waals surface area contributed by atoms with Crippen molar-refractivity contribution in [2.24, 2.45) is 5.73 Å². The van der Waals surface area contributed by atoms with Crippen molar-refractivity contribution in [1.29, 1.82) is 0 Å². The molecule has 0 bridgehead atoms. The predicted molar refractivity (Wildman–Crippen MR) is 65.3 cm³/mol. The molecule has 2 heteroatoms. The van der Waals surface area contributed by atoms with Gasteiger partial charge in [-0.3, -0.25) is 0 Å². The van der Waals surface area contributed by atoms with Crippen LogP contribution in [0.15, 0.2) is 12.1 Å². The number of nitrogens with two attached hydrogens (primary N) is 1. The van der Waals surface area contributed by atoms with Crippen molar-refractivity contribution in [3.63, 3.8) is 0 Å². The van der Waals surface area contributed by atoms with E-state index >= 15 is 0 Å². The van der Waals surface area contributed by atoms with Gasteiger partial charge in [-0.2, -0.15) is 0 Å². The first-order valence-electron chi connectivity index (χ1n) is 5.61. The smallest absolute Gasteiger partial charge is 0.0373 e. The molecule has 0 spiro atoms. The number of anilines is 1. The Bertz CT molecular complexity index is 378. The monoisotopic (exact) mass is 204 g/mol. The van der Waals surface area contributed by atoms with E-state index < -0.39 is 0 Å². The predicted octanol–water partition coefficient (Wildman–Crippen LogP) is 2.52. The molecule has 1 aromatic rings. The largest absolute Gasteiger partial charge is 0.383 e. The number of nitrogens with one attached hydrogen (secondary N) is 1. The fourth-order valence-electron chi connectivity index (χ4n) is 1.76. The summed E-state index contributed by atoms with van der Waals surface area (Å²) in [4.78, 5) is 0. The van der Waals surface area contributed by atoms with Gasteiger partial charge < -0.3 is 11.1 Å². The molecule has 2 rings (SSSR count). The van der Waals surface area contributed by atoms with Crippen LogP contribution in [0.2, 0.25) is 0 Å². The molecule has 2 nitrogen and oxygen atoms in total. The molecule has 0 radical (unpaired) electrons. The molecule has 0 unspecified atom stereocenters. The molecule has 0 amide bonds. The highest BCUT2D eigenvalue weighted by atomic mass is 15.0. The molecule has 0 aromatic heterocycles. The zero-order valence-corrected chi connectivity index (χ0v) is 9.85. The Morgan fingerprint density at radius 2 is 1.87 bits per heavy atom. The van der Waals surface area contributed by atoms with Crippen molar-refractivity contribution in [2.75, 3.05) is 11.9 Å². The van der Waals surface area contributed by atoms with E-state index in [-0.39, 0.29) is 5.54 Å². The van der Waals surface area contributed by atoms with Gasteiger partial charge >= 0.3 is 0 Å². The van der Waals surface area contributed by atoms with E-state index in [2.05, 4.69) is 38.2 Å². The highest BCUT2D eigenvalue weighted by molar-refractivity contribution is 5.56. The standard InChI is InChI=1S/C13H20N2/c1-9-4-5-12(11(3)10(9)2)15-8-13(14)6-7-13/h4-5,15H,6-8,14H2,1-3H3. The number of hydrogen-bond donors (Lipinski definition) is 2. The van der Waals surface area contributed by atoms with E-state index in [4.69, 9.17) is 5.73 Å². The molecule has 15 heavy (non-hydrogen) atoms. The van der Waals surface area contributed by atoms with Gasteiger partial charge in [0.1, 0.15) is 0 Å². The fraction of sp³-hybridized carbons (Fsp3) is 0.538. The maximum absolute atomic E-state index is 6.05. The Balaban J connectivity index is 2.11. The summed E-state index contributed by atoms with van der Waals surface area (Å²) in [7, 11) is 0. The van der Waals surface area contributed by atoms with Gasteiger partial charge in [-0.1, -0.05) is 6.07 Å². The van der Waals surface area contributed by atoms with Crippen LogP contribution >= 0.6 is 0 Å². The molecule has 1 aliphatic rings. The molecule has 1 aromatic carbocycles. The topological polar surface area (TPSA) is 38.0 Å². The van der Waals surface area contributed by atoms with Gasteiger partial charge in [0.15, 0.2) is 0 Å². The summed E-state index contributed by atoms with van der Waals surface area (Å²) in [6.07, 6.45) is 2.31. The van der Waals surface area contributed by atoms with Crippen molar-refractivity contribution >= 4 is 5.69 Å². The molecule has 0 saturated heterocycles. The van der Waals surface area contributed by atoms with Gasteiger partial charge in [-0.05, 0) is 56.4 Å². The van der Waals surface area contributed by atoms with E-state index in [1.165, 1.54) is 22.4 Å². The van der Waals surface area contributed by atoms with Gasteiger partial charge in [0.2, 0.25) is 0 Å². The molecular weight excluding hydrogens is 184 g/mol. The highest BCUT2D eigenvalue weighted by Gasteiger charge is 2.37. The Kier molecular flexibility index (Phi) is 2.47. The first-order valence-corrected chi connectivity index (χ1v) is 5.61. The van der Waals surface area contributed by atoms with Crippen LogP contribution in [0.1, 0.15) is 29.5 Å². The minimum Gasteiger partial charge on any atom is -0.383 e. The fourth-order valence-corrected chi connectivity index (χ4v) is 1.76. The summed E-state index contributed by atoms with van der Waals surface area (Å²) in [6.45, 7) is 7.39. The molecule has 0 atom stereocenters. The van der Waals surface area contributed by atoms with E-state index in [0.29, 0.717) is 0 Å². The van der Waals surface area contributed by atoms with Crippen LogP contribution in [0.4, 0.5) is 5.69 Å². The van der Waals surface area contributed by atoms with Crippen LogP contribution in [0.5, 0.6) is 0 Å². The normalized spacial score (nSPS) is 17.6. The van der Waals surface area contributed by atoms with E-state index in [1.54, 1.807) is 0 Å². The second kappa shape index (κ2) is 3.53. The van der Waals surface area contributed by atoms with Crippen molar-refractivity contribution < 1.29 is 0 Å². The van der Waals surface area contributed by atoms with Crippen LogP contribution in [0, 0.1) is 20.8 Å². The molecule has 1 saturated carbocycles. The van der Waals surface area contributed by atoms with Gasteiger partial charge in [-0.25, -0.2) is 0 Å². The molecule has 3 N–H and O–H groups in total. The second-order valence-electron chi connectivity index (χ2n) is 4.90. The Morgan fingerprint density at radius 3 is 2.47 bits per heavy atom. The zero-order valence-electron chi connectivity index (χ0n) is 9.85. The number of rotatable bonds is 3. The summed E-state index contributed by atoms with van der Waals surface area (Å²) in [6, 6.07) is 4.32. The Hall–Kier alpha value is -1.02. The third-order valence-electron chi connectivity index (χ3n) is 3.58. The molecular formula is C13H20N2. The highest BCUT2D eigenvalue weighted by Crippen LogP contribution is 2.32. The minimum atomic E-state index is 0.0746. The molecule has 0 heterocycles. The van der Waals surface area contributed by atoms with Crippen molar-refractivity contribution in [3.05, 3.63) is 28.8 Å². The van der Waals surface area contributed by atoms with Crippen LogP contribution in [-0.4, -0.2) is 12.1 Å². The lowest BCUT2D eigenvalue weighted by Gasteiger charge is -2.16. The van der Waals surface area contributed by atoms with Crippen LogP contribution in [0.3, 0.4) is 0 Å². The number of hydrogen-bond acceptors (Lipinski definition) is 2. The molecule has 82 valence electrons. The first kappa shape index (κ1) is 10.5. The van der Waals surface area contributed by atoms with Gasteiger partial charge in [-0.15, -0.1) is 0 Å². The molecule has 0 aliphatic heterocycles. The van der Waals surface area contributed by atoms with E-state index in [1.807, 2.05) is 0 Å². The van der Waals surface area contributed by atoms with E-state index in [0.717, 1.165) is 19.4 Å². The van der Waals surface area contributed by atoms with E-state index in [9.17, 15) is 0 Å². The average Bonchev–Trinajstić information content (AvgIpc) is 2.93. The zero-order chi connectivity index (χ0) is 11.1. The van der Waals surface area contributed by atoms with Crippen LogP contribution in [0.25, 0.3) is 0 Å². The maximum atomic E-state index is 6.05. The molecule has 1 aliphatic carbocycles. The summed E-state index contributed by atoms with van der Waals surface area (Å²) in [5.41, 5.74) is 11.4. The first-order chi connectivity index (χ1) is 7.02. The van der Waals surface area contributed by atoms with Gasteiger partial charge in [0.05, 0.1) is 0 Å². The van der Waals surface area contributed by atoms with Gasteiger partial charge in [0.25, 0.3) is 0 Å². The maximum Gasteiger partial charge on any atom is 0.0373 e. The lowest BCUT2D eigenvalue weighted by molar-refractivity contribution is 0.713. The van der Waals surface area contributed by atoms with Crippen molar-refractivity contribution in [3.8, 4) is 0 Å². The van der Waals surface area contributed by atoms with Gasteiger partial charge in [0, 0.05) is 17.8 Å². The third-order valence-corrected chi connectivity index (χ3v) is 3.58. The second-order valence-corrected chi connectivity index (χ2v) is 4.90. The Labute approximate surface area is 91.9 Å². The van der Waals surface area contributed by atoms with Crippen LogP contribution in [-0.2, 0) is 0 Å². The summed E-state index contributed by atoms with van der Waals surface area (Å²) >= 11 is 0. The van der Waals surface area contributed by atoms with Crippen molar-refractivity contribution in [2.45, 2.75) is 39.2 Å².